The number of ether oxygens (including phenoxy) is 1. The molecule has 0 spiro atoms. The lowest BCUT2D eigenvalue weighted by Crippen LogP contribution is -2.12. The van der Waals surface area contributed by atoms with Crippen molar-refractivity contribution < 1.29 is 9.13 Å². The van der Waals surface area contributed by atoms with Crippen LogP contribution in [0.5, 0.6) is 5.75 Å². The van der Waals surface area contributed by atoms with Gasteiger partial charge in [-0.15, -0.1) is 0 Å². The first-order valence-electron chi connectivity index (χ1n) is 5.94. The first kappa shape index (κ1) is 14.4. The van der Waals surface area contributed by atoms with Crippen molar-refractivity contribution >= 4 is 28.6 Å². The van der Waals surface area contributed by atoms with E-state index in [1.807, 2.05) is 18.2 Å². The first-order valence-corrected chi connectivity index (χ1v) is 7.37. The van der Waals surface area contributed by atoms with E-state index in [1.54, 1.807) is 12.1 Å². The molecule has 2 aromatic rings. The molecule has 0 aliphatic carbocycles. The summed E-state index contributed by atoms with van der Waals surface area (Å²) in [5.41, 5.74) is 1.19. The zero-order valence-corrected chi connectivity index (χ0v) is 12.7. The molecule has 0 bridgehead atoms. The van der Waals surface area contributed by atoms with Gasteiger partial charge in [-0.05, 0) is 39.7 Å². The molecule has 1 nitrogen and oxygen atoms in total. The Morgan fingerprint density at radius 1 is 1.16 bits per heavy atom. The van der Waals surface area contributed by atoms with E-state index in [9.17, 15) is 4.39 Å². The lowest BCUT2D eigenvalue weighted by atomic mass is 10.0. The van der Waals surface area contributed by atoms with Crippen molar-refractivity contribution in [2.45, 2.75) is 5.92 Å². The molecular weight excluding hydrogens is 327 g/mol. The third-order valence-corrected chi connectivity index (χ3v) is 3.88. The van der Waals surface area contributed by atoms with E-state index in [0.717, 1.165) is 0 Å². The number of rotatable bonds is 5. The zero-order chi connectivity index (χ0) is 13.7. The van der Waals surface area contributed by atoms with Crippen LogP contribution in [0.15, 0.2) is 53.0 Å². The molecule has 0 heterocycles. The van der Waals surface area contributed by atoms with Gasteiger partial charge in [0.05, 0.1) is 11.1 Å². The minimum absolute atomic E-state index is 0.216. The number of thiol groups is 1. The Kier molecular flexibility index (Phi) is 5.28. The van der Waals surface area contributed by atoms with Gasteiger partial charge in [-0.3, -0.25) is 0 Å². The molecule has 0 aliphatic rings. The monoisotopic (exact) mass is 340 g/mol. The second-order valence-corrected chi connectivity index (χ2v) is 5.40. The molecule has 1 unspecified atom stereocenters. The quantitative estimate of drug-likeness (QED) is 0.777. The highest BCUT2D eigenvalue weighted by molar-refractivity contribution is 9.10. The summed E-state index contributed by atoms with van der Waals surface area (Å²) < 4.78 is 19.2. The minimum Gasteiger partial charge on any atom is -0.493 e. The fourth-order valence-electron chi connectivity index (χ4n) is 1.74. The Bertz CT molecular complexity index is 533. The molecule has 4 heteroatoms. The largest absolute Gasteiger partial charge is 0.493 e. The van der Waals surface area contributed by atoms with Gasteiger partial charge in [0.1, 0.15) is 11.6 Å². The zero-order valence-electron chi connectivity index (χ0n) is 10.2. The van der Waals surface area contributed by atoms with Gasteiger partial charge in [-0.25, -0.2) is 4.39 Å². The third-order valence-electron chi connectivity index (χ3n) is 2.83. The molecule has 0 aromatic heterocycles. The number of hydrogen-bond donors (Lipinski definition) is 1. The van der Waals surface area contributed by atoms with E-state index >= 15 is 0 Å². The van der Waals surface area contributed by atoms with E-state index < -0.39 is 0 Å². The summed E-state index contributed by atoms with van der Waals surface area (Å²) in [6.07, 6.45) is 0. The van der Waals surface area contributed by atoms with Crippen LogP contribution in [0.25, 0.3) is 0 Å². The second kappa shape index (κ2) is 6.96. The van der Waals surface area contributed by atoms with E-state index in [4.69, 9.17) is 4.74 Å². The van der Waals surface area contributed by atoms with Crippen molar-refractivity contribution in [3.05, 3.63) is 64.4 Å². The maximum absolute atomic E-state index is 13.1. The highest BCUT2D eigenvalue weighted by Crippen LogP contribution is 2.24. The van der Waals surface area contributed by atoms with E-state index in [2.05, 4.69) is 40.7 Å². The predicted molar refractivity (Wildman–Crippen MR) is 82.6 cm³/mol. The second-order valence-electron chi connectivity index (χ2n) is 4.18. The minimum atomic E-state index is -0.291. The number of halogens is 2. The van der Waals surface area contributed by atoms with E-state index in [-0.39, 0.29) is 11.7 Å². The molecule has 0 amide bonds. The van der Waals surface area contributed by atoms with Crippen LogP contribution < -0.4 is 4.74 Å². The molecule has 0 saturated heterocycles. The van der Waals surface area contributed by atoms with Crippen LogP contribution in [0.4, 0.5) is 4.39 Å². The van der Waals surface area contributed by atoms with Crippen LogP contribution in [0, 0.1) is 5.82 Å². The fourth-order valence-corrected chi connectivity index (χ4v) is 2.42. The predicted octanol–water partition coefficient (Wildman–Crippen LogP) is 4.68. The summed E-state index contributed by atoms with van der Waals surface area (Å²) in [6.45, 7) is 0.519. The first-order chi connectivity index (χ1) is 9.20. The van der Waals surface area contributed by atoms with E-state index in [1.165, 1.54) is 11.6 Å². The average molecular weight is 341 g/mol. The van der Waals surface area contributed by atoms with Crippen molar-refractivity contribution in [3.8, 4) is 5.75 Å². The average Bonchev–Trinajstić information content (AvgIpc) is 2.44. The Morgan fingerprint density at radius 2 is 1.89 bits per heavy atom. The van der Waals surface area contributed by atoms with E-state index in [0.29, 0.717) is 22.6 Å². The van der Waals surface area contributed by atoms with Gasteiger partial charge in [-0.1, -0.05) is 30.3 Å². The fraction of sp³-hybridized carbons (Fsp3) is 0.200. The van der Waals surface area contributed by atoms with Gasteiger partial charge in [0.15, 0.2) is 0 Å². The van der Waals surface area contributed by atoms with Crippen molar-refractivity contribution in [1.82, 2.24) is 0 Å². The SMILES string of the molecule is Fc1ccc(OCC(CS)c2ccccc2)cc1Br. The van der Waals surface area contributed by atoms with Gasteiger partial charge in [-0.2, -0.15) is 12.6 Å². The Labute approximate surface area is 126 Å². The summed E-state index contributed by atoms with van der Waals surface area (Å²) in [5.74, 6) is 1.28. The summed E-state index contributed by atoms with van der Waals surface area (Å²) in [4.78, 5) is 0. The topological polar surface area (TPSA) is 9.23 Å². The normalized spacial score (nSPS) is 12.2. The molecule has 0 aliphatic heterocycles. The van der Waals surface area contributed by atoms with Crippen molar-refractivity contribution in [1.29, 1.82) is 0 Å². The molecule has 0 saturated carbocycles. The standard InChI is InChI=1S/C15H14BrFOS/c16-14-8-13(6-7-15(14)17)18-9-12(10-19)11-4-2-1-3-5-11/h1-8,12,19H,9-10H2. The lowest BCUT2D eigenvalue weighted by Gasteiger charge is -2.16. The van der Waals surface area contributed by atoms with Gasteiger partial charge in [0, 0.05) is 11.7 Å². The summed E-state index contributed by atoms with van der Waals surface area (Å²) in [7, 11) is 0. The maximum atomic E-state index is 13.1. The van der Waals surface area contributed by atoms with Crippen LogP contribution in [0.3, 0.4) is 0 Å². The van der Waals surface area contributed by atoms with Crippen LogP contribution in [0.1, 0.15) is 11.5 Å². The Balaban J connectivity index is 2.02. The summed E-state index contributed by atoms with van der Waals surface area (Å²) in [6, 6.07) is 14.8. The summed E-state index contributed by atoms with van der Waals surface area (Å²) >= 11 is 7.51. The highest BCUT2D eigenvalue weighted by Gasteiger charge is 2.11. The van der Waals surface area contributed by atoms with Crippen LogP contribution in [0.2, 0.25) is 0 Å². The van der Waals surface area contributed by atoms with Crippen LogP contribution >= 0.6 is 28.6 Å². The molecule has 2 rings (SSSR count). The molecule has 1 atom stereocenters. The Morgan fingerprint density at radius 3 is 2.53 bits per heavy atom. The summed E-state index contributed by atoms with van der Waals surface area (Å²) in [5, 5.41) is 0. The lowest BCUT2D eigenvalue weighted by molar-refractivity contribution is 0.297. The number of hydrogen-bond acceptors (Lipinski definition) is 2. The molecule has 19 heavy (non-hydrogen) atoms. The molecule has 100 valence electrons. The molecular formula is C15H14BrFOS. The van der Waals surface area contributed by atoms with Crippen LogP contribution in [-0.2, 0) is 0 Å². The smallest absolute Gasteiger partial charge is 0.137 e. The molecule has 0 fully saturated rings. The highest BCUT2D eigenvalue weighted by atomic mass is 79.9. The molecule has 0 N–H and O–H groups in total. The van der Waals surface area contributed by atoms with Crippen molar-refractivity contribution in [3.63, 3.8) is 0 Å². The third kappa shape index (κ3) is 3.98. The van der Waals surface area contributed by atoms with Gasteiger partial charge < -0.3 is 4.74 Å². The maximum Gasteiger partial charge on any atom is 0.137 e. The number of benzene rings is 2. The Hall–Kier alpha value is -1.00. The van der Waals surface area contributed by atoms with Gasteiger partial charge >= 0.3 is 0 Å². The molecule has 2 aromatic carbocycles. The van der Waals surface area contributed by atoms with Gasteiger partial charge in [0.2, 0.25) is 0 Å². The van der Waals surface area contributed by atoms with Crippen molar-refractivity contribution in [2.24, 2.45) is 0 Å². The van der Waals surface area contributed by atoms with Crippen molar-refractivity contribution in [2.75, 3.05) is 12.4 Å². The van der Waals surface area contributed by atoms with Gasteiger partial charge in [0.25, 0.3) is 0 Å². The molecule has 0 radical (unpaired) electrons. The van der Waals surface area contributed by atoms with Crippen LogP contribution in [-0.4, -0.2) is 12.4 Å².